The SMILES string of the molecule is CC(C)(CO)NC(=O)c1nn(-c2cc(Br)ccn2)c2c1C[C@H]1C[C@@H]21. The van der Waals surface area contributed by atoms with Crippen molar-refractivity contribution in [3.8, 4) is 5.82 Å². The van der Waals surface area contributed by atoms with E-state index in [9.17, 15) is 9.90 Å². The van der Waals surface area contributed by atoms with Crippen molar-refractivity contribution in [2.45, 2.75) is 38.1 Å². The van der Waals surface area contributed by atoms with Gasteiger partial charge in [0.1, 0.15) is 0 Å². The number of fused-ring (bicyclic) bond motifs is 3. The van der Waals surface area contributed by atoms with E-state index >= 15 is 0 Å². The quantitative estimate of drug-likeness (QED) is 0.838. The third-order valence-electron chi connectivity index (χ3n) is 4.75. The van der Waals surface area contributed by atoms with Crippen molar-refractivity contribution in [2.75, 3.05) is 6.61 Å². The lowest BCUT2D eigenvalue weighted by Crippen LogP contribution is -2.46. The van der Waals surface area contributed by atoms with E-state index in [1.54, 1.807) is 20.0 Å². The number of hydrogen-bond donors (Lipinski definition) is 2. The van der Waals surface area contributed by atoms with Crippen molar-refractivity contribution in [3.05, 3.63) is 39.8 Å². The molecule has 0 aromatic carbocycles. The van der Waals surface area contributed by atoms with Gasteiger partial charge in [0, 0.05) is 22.2 Å². The highest BCUT2D eigenvalue weighted by atomic mass is 79.9. The van der Waals surface area contributed by atoms with Gasteiger partial charge in [-0.2, -0.15) is 5.10 Å². The van der Waals surface area contributed by atoms with Crippen LogP contribution in [-0.2, 0) is 6.42 Å². The van der Waals surface area contributed by atoms with Gasteiger partial charge < -0.3 is 10.4 Å². The third-order valence-corrected chi connectivity index (χ3v) is 5.24. The molecule has 4 rings (SSSR count). The number of aromatic nitrogens is 3. The molecule has 2 atom stereocenters. The zero-order chi connectivity index (χ0) is 17.1. The van der Waals surface area contributed by atoms with Gasteiger partial charge in [-0.05, 0) is 44.7 Å². The third kappa shape index (κ3) is 2.56. The average molecular weight is 391 g/mol. The molecule has 0 bridgehead atoms. The molecule has 1 amide bonds. The Morgan fingerprint density at radius 1 is 1.54 bits per heavy atom. The van der Waals surface area contributed by atoms with Crippen LogP contribution in [0.25, 0.3) is 5.82 Å². The number of pyridine rings is 1. The number of carbonyl (C=O) groups is 1. The number of aliphatic hydroxyl groups excluding tert-OH is 1. The summed E-state index contributed by atoms with van der Waals surface area (Å²) in [5.41, 5.74) is 1.94. The molecule has 24 heavy (non-hydrogen) atoms. The van der Waals surface area contributed by atoms with E-state index in [2.05, 4.69) is 31.3 Å². The van der Waals surface area contributed by atoms with E-state index < -0.39 is 5.54 Å². The van der Waals surface area contributed by atoms with Crippen molar-refractivity contribution in [1.29, 1.82) is 0 Å². The first-order valence-corrected chi connectivity index (χ1v) is 8.86. The summed E-state index contributed by atoms with van der Waals surface area (Å²) in [5.74, 6) is 1.60. The Morgan fingerprint density at radius 2 is 2.33 bits per heavy atom. The summed E-state index contributed by atoms with van der Waals surface area (Å²) in [6, 6.07) is 3.77. The smallest absolute Gasteiger partial charge is 0.272 e. The highest BCUT2D eigenvalue weighted by Gasteiger charge is 2.50. The number of hydrogen-bond acceptors (Lipinski definition) is 4. The number of rotatable bonds is 4. The number of amides is 1. The van der Waals surface area contributed by atoms with Crippen molar-refractivity contribution in [1.82, 2.24) is 20.1 Å². The molecule has 2 aliphatic carbocycles. The second-order valence-electron chi connectivity index (χ2n) is 7.26. The van der Waals surface area contributed by atoms with Crippen LogP contribution in [-0.4, -0.2) is 37.9 Å². The van der Waals surface area contributed by atoms with Gasteiger partial charge in [0.2, 0.25) is 0 Å². The van der Waals surface area contributed by atoms with E-state index in [0.717, 1.165) is 28.6 Å². The maximum Gasteiger partial charge on any atom is 0.272 e. The summed E-state index contributed by atoms with van der Waals surface area (Å²) < 4.78 is 2.74. The fraction of sp³-hybridized carbons (Fsp3) is 0.471. The molecule has 2 heterocycles. The Morgan fingerprint density at radius 3 is 3.04 bits per heavy atom. The molecule has 0 radical (unpaired) electrons. The minimum absolute atomic E-state index is 0.125. The second kappa shape index (κ2) is 5.39. The molecule has 0 aliphatic heterocycles. The lowest BCUT2D eigenvalue weighted by atomic mass is 10.1. The molecule has 2 aromatic heterocycles. The molecule has 6 nitrogen and oxygen atoms in total. The van der Waals surface area contributed by atoms with E-state index in [0.29, 0.717) is 23.3 Å². The van der Waals surface area contributed by atoms with Crippen LogP contribution in [0.15, 0.2) is 22.8 Å². The highest BCUT2D eigenvalue weighted by Crippen LogP contribution is 2.57. The maximum absolute atomic E-state index is 12.7. The highest BCUT2D eigenvalue weighted by molar-refractivity contribution is 9.10. The fourth-order valence-electron chi connectivity index (χ4n) is 3.39. The molecule has 2 N–H and O–H groups in total. The van der Waals surface area contributed by atoms with Crippen LogP contribution in [0.1, 0.15) is 47.9 Å². The molecule has 126 valence electrons. The lowest BCUT2D eigenvalue weighted by molar-refractivity contribution is 0.0863. The van der Waals surface area contributed by atoms with E-state index in [1.807, 2.05) is 16.8 Å². The predicted octanol–water partition coefficient (Wildman–Crippen LogP) is 2.19. The summed E-state index contributed by atoms with van der Waals surface area (Å²) >= 11 is 3.46. The monoisotopic (exact) mass is 390 g/mol. The number of halogens is 1. The van der Waals surface area contributed by atoms with Crippen LogP contribution >= 0.6 is 15.9 Å². The van der Waals surface area contributed by atoms with Gasteiger partial charge in [0.25, 0.3) is 5.91 Å². The minimum Gasteiger partial charge on any atom is -0.394 e. The van der Waals surface area contributed by atoms with Crippen molar-refractivity contribution >= 4 is 21.8 Å². The Labute approximate surface area is 148 Å². The van der Waals surface area contributed by atoms with Crippen LogP contribution in [0.2, 0.25) is 0 Å². The molecule has 2 aromatic rings. The first-order chi connectivity index (χ1) is 11.4. The van der Waals surface area contributed by atoms with Crippen LogP contribution in [0.5, 0.6) is 0 Å². The molecule has 0 unspecified atom stereocenters. The van der Waals surface area contributed by atoms with E-state index in [1.165, 1.54) is 0 Å². The van der Waals surface area contributed by atoms with Crippen LogP contribution in [0.4, 0.5) is 0 Å². The van der Waals surface area contributed by atoms with Crippen molar-refractivity contribution in [2.24, 2.45) is 5.92 Å². The molecular formula is C17H19BrN4O2. The molecular weight excluding hydrogens is 372 g/mol. The maximum atomic E-state index is 12.7. The predicted molar refractivity (Wildman–Crippen MR) is 92.2 cm³/mol. The molecule has 1 saturated carbocycles. The Balaban J connectivity index is 1.76. The van der Waals surface area contributed by atoms with Crippen LogP contribution < -0.4 is 5.32 Å². The Kier molecular flexibility index (Phi) is 3.54. The number of nitrogens with zero attached hydrogens (tertiary/aromatic N) is 3. The van der Waals surface area contributed by atoms with Gasteiger partial charge in [-0.15, -0.1) is 0 Å². The van der Waals surface area contributed by atoms with Gasteiger partial charge >= 0.3 is 0 Å². The molecule has 1 fully saturated rings. The standard InChI is InChI=1S/C17H19BrN4O2/c1-17(2,8-23)20-16(24)14-12-6-9-5-11(9)15(12)22(21-14)13-7-10(18)3-4-19-13/h3-4,7,9,11,23H,5-6,8H2,1-2H3,(H,20,24)/t9-,11-/m1/s1. The van der Waals surface area contributed by atoms with Crippen molar-refractivity contribution < 1.29 is 9.90 Å². The van der Waals surface area contributed by atoms with Gasteiger partial charge in [-0.25, -0.2) is 9.67 Å². The topological polar surface area (TPSA) is 80.0 Å². The summed E-state index contributed by atoms with van der Waals surface area (Å²) in [6.45, 7) is 3.45. The van der Waals surface area contributed by atoms with Crippen molar-refractivity contribution in [3.63, 3.8) is 0 Å². The Bertz CT molecular complexity index is 830. The van der Waals surface area contributed by atoms with Gasteiger partial charge in [0.15, 0.2) is 11.5 Å². The van der Waals surface area contributed by atoms with Gasteiger partial charge in [0.05, 0.1) is 17.8 Å². The normalized spacial score (nSPS) is 21.3. The van der Waals surface area contributed by atoms with E-state index in [-0.39, 0.29) is 12.5 Å². The summed E-state index contributed by atoms with van der Waals surface area (Å²) in [7, 11) is 0. The van der Waals surface area contributed by atoms with Crippen LogP contribution in [0, 0.1) is 5.92 Å². The molecule has 0 spiro atoms. The minimum atomic E-state index is -0.677. The van der Waals surface area contributed by atoms with E-state index in [4.69, 9.17) is 0 Å². The molecule has 2 aliphatic rings. The summed E-state index contributed by atoms with van der Waals surface area (Å²) in [5, 5.41) is 16.8. The number of aliphatic hydroxyl groups is 1. The average Bonchev–Trinajstić information content (AvgIpc) is 3.03. The number of nitrogens with one attached hydrogen (secondary N) is 1. The van der Waals surface area contributed by atoms with Gasteiger partial charge in [-0.3, -0.25) is 4.79 Å². The van der Waals surface area contributed by atoms with Crippen LogP contribution in [0.3, 0.4) is 0 Å². The molecule has 7 heteroatoms. The fourth-order valence-corrected chi connectivity index (χ4v) is 3.71. The first kappa shape index (κ1) is 15.8. The second-order valence-corrected chi connectivity index (χ2v) is 8.17. The number of carbonyl (C=O) groups excluding carboxylic acids is 1. The largest absolute Gasteiger partial charge is 0.394 e. The van der Waals surface area contributed by atoms with Gasteiger partial charge in [-0.1, -0.05) is 15.9 Å². The first-order valence-electron chi connectivity index (χ1n) is 8.07. The Hall–Kier alpha value is -1.73. The lowest BCUT2D eigenvalue weighted by Gasteiger charge is -2.23. The molecule has 0 saturated heterocycles. The summed E-state index contributed by atoms with van der Waals surface area (Å²) in [4.78, 5) is 17.1. The zero-order valence-electron chi connectivity index (χ0n) is 13.6. The summed E-state index contributed by atoms with van der Waals surface area (Å²) in [6.07, 6.45) is 3.79. The zero-order valence-corrected chi connectivity index (χ0v) is 15.2.